The normalized spacial score (nSPS) is 28.0. The lowest BCUT2D eigenvalue weighted by atomic mass is 9.87. The number of amides is 2. The number of carbonyl (C=O) groups excluding carboxylic acids is 2. The molecule has 3 fully saturated rings. The maximum Gasteiger partial charge on any atom is 0.236 e. The molecular weight excluding hydrogens is 316 g/mol. The van der Waals surface area contributed by atoms with E-state index >= 15 is 0 Å². The van der Waals surface area contributed by atoms with E-state index in [4.69, 9.17) is 0 Å². The Hall–Kier alpha value is -1.14. The van der Waals surface area contributed by atoms with Crippen LogP contribution in [0, 0.1) is 11.8 Å². The molecule has 142 valence electrons. The Bertz CT molecular complexity index is 450. The van der Waals surface area contributed by atoms with Crippen LogP contribution >= 0.6 is 0 Å². The molecule has 1 saturated heterocycles. The Kier molecular flexibility index (Phi) is 6.70. The van der Waals surface area contributed by atoms with E-state index in [0.29, 0.717) is 19.1 Å². The molecule has 0 unspecified atom stereocenters. The van der Waals surface area contributed by atoms with Gasteiger partial charge in [0.2, 0.25) is 11.8 Å². The summed E-state index contributed by atoms with van der Waals surface area (Å²) in [5.41, 5.74) is 0. The van der Waals surface area contributed by atoms with Crippen molar-refractivity contribution in [3.05, 3.63) is 0 Å². The zero-order valence-electron chi connectivity index (χ0n) is 15.6. The number of piperazine rings is 1. The largest absolute Gasteiger partial charge is 0.352 e. The molecule has 2 amide bonds. The van der Waals surface area contributed by atoms with Crippen LogP contribution in [0.3, 0.4) is 0 Å². The van der Waals surface area contributed by atoms with Gasteiger partial charge in [-0.05, 0) is 56.9 Å². The molecular formula is C19H34N4O2. The summed E-state index contributed by atoms with van der Waals surface area (Å²) in [5.74, 6) is 1.94. The van der Waals surface area contributed by atoms with E-state index in [0.717, 1.165) is 57.4 Å². The minimum Gasteiger partial charge on any atom is -0.352 e. The van der Waals surface area contributed by atoms with Crippen LogP contribution in [0.4, 0.5) is 0 Å². The van der Waals surface area contributed by atoms with Crippen molar-refractivity contribution in [1.82, 2.24) is 20.4 Å². The second-order valence-corrected chi connectivity index (χ2v) is 8.26. The highest BCUT2D eigenvalue weighted by molar-refractivity contribution is 5.79. The average Bonchev–Trinajstić information content (AvgIpc) is 3.42. The third-order valence-electron chi connectivity index (χ3n) is 5.88. The topological polar surface area (TPSA) is 64.7 Å². The van der Waals surface area contributed by atoms with E-state index < -0.39 is 0 Å². The third kappa shape index (κ3) is 6.26. The van der Waals surface area contributed by atoms with Crippen molar-refractivity contribution in [3.63, 3.8) is 0 Å². The first-order valence-electron chi connectivity index (χ1n) is 10.1. The summed E-state index contributed by atoms with van der Waals surface area (Å²) in [6, 6.07) is 0.365. The first-order chi connectivity index (χ1) is 12.1. The van der Waals surface area contributed by atoms with E-state index in [9.17, 15) is 9.59 Å². The molecule has 25 heavy (non-hydrogen) atoms. The number of hydrogen-bond donors (Lipinski definition) is 2. The third-order valence-corrected chi connectivity index (χ3v) is 5.88. The molecule has 2 saturated carbocycles. The number of nitrogens with one attached hydrogen (secondary N) is 2. The Morgan fingerprint density at radius 3 is 2.28 bits per heavy atom. The first kappa shape index (κ1) is 18.6. The lowest BCUT2D eigenvalue weighted by molar-refractivity contribution is -0.132. The lowest BCUT2D eigenvalue weighted by Gasteiger charge is -2.35. The van der Waals surface area contributed by atoms with Gasteiger partial charge in [0.1, 0.15) is 0 Å². The zero-order chi connectivity index (χ0) is 17.6. The van der Waals surface area contributed by atoms with Crippen LogP contribution < -0.4 is 10.6 Å². The van der Waals surface area contributed by atoms with E-state index in [1.807, 2.05) is 4.90 Å². The van der Waals surface area contributed by atoms with Crippen LogP contribution in [0.1, 0.15) is 45.4 Å². The molecule has 2 N–H and O–H groups in total. The molecule has 0 aromatic carbocycles. The van der Waals surface area contributed by atoms with Gasteiger partial charge in [-0.2, -0.15) is 0 Å². The highest BCUT2D eigenvalue weighted by atomic mass is 16.2. The molecule has 0 spiro atoms. The van der Waals surface area contributed by atoms with Gasteiger partial charge >= 0.3 is 0 Å². The van der Waals surface area contributed by atoms with Gasteiger partial charge in [-0.25, -0.2) is 0 Å². The van der Waals surface area contributed by atoms with Crippen molar-refractivity contribution >= 4 is 11.8 Å². The number of rotatable bonds is 7. The van der Waals surface area contributed by atoms with E-state index in [-0.39, 0.29) is 11.8 Å². The summed E-state index contributed by atoms with van der Waals surface area (Å²) in [5, 5.41) is 6.46. The molecule has 0 atom stereocenters. The van der Waals surface area contributed by atoms with Crippen molar-refractivity contribution in [2.75, 3.05) is 45.8 Å². The second kappa shape index (κ2) is 8.99. The maximum atomic E-state index is 12.2. The van der Waals surface area contributed by atoms with Crippen LogP contribution in [0.25, 0.3) is 0 Å². The minimum atomic E-state index is 0.144. The summed E-state index contributed by atoms with van der Waals surface area (Å²) in [7, 11) is 0. The van der Waals surface area contributed by atoms with E-state index in [2.05, 4.69) is 22.5 Å². The minimum absolute atomic E-state index is 0.144. The van der Waals surface area contributed by atoms with Crippen molar-refractivity contribution in [1.29, 1.82) is 0 Å². The predicted octanol–water partition coefficient (Wildman–Crippen LogP) is 0.825. The van der Waals surface area contributed by atoms with Crippen molar-refractivity contribution < 1.29 is 9.59 Å². The monoisotopic (exact) mass is 350 g/mol. The molecule has 3 rings (SSSR count). The summed E-state index contributed by atoms with van der Waals surface area (Å²) < 4.78 is 0. The summed E-state index contributed by atoms with van der Waals surface area (Å²) >= 11 is 0. The smallest absolute Gasteiger partial charge is 0.236 e. The molecule has 0 aromatic heterocycles. The van der Waals surface area contributed by atoms with Gasteiger partial charge in [-0.3, -0.25) is 14.5 Å². The van der Waals surface area contributed by atoms with Gasteiger partial charge in [-0.1, -0.05) is 6.92 Å². The Morgan fingerprint density at radius 1 is 0.960 bits per heavy atom. The number of carbonyl (C=O) groups is 2. The van der Waals surface area contributed by atoms with Crippen molar-refractivity contribution in [3.8, 4) is 0 Å². The van der Waals surface area contributed by atoms with Crippen LogP contribution in [0.2, 0.25) is 0 Å². The molecule has 0 radical (unpaired) electrons. The van der Waals surface area contributed by atoms with Crippen molar-refractivity contribution in [2.24, 2.45) is 11.8 Å². The fraction of sp³-hybridized carbons (Fsp3) is 0.895. The summed E-state index contributed by atoms with van der Waals surface area (Å²) in [6.45, 7) is 7.25. The Morgan fingerprint density at radius 2 is 1.64 bits per heavy atom. The number of nitrogens with zero attached hydrogens (tertiary/aromatic N) is 2. The summed E-state index contributed by atoms with van der Waals surface area (Å²) in [6.07, 6.45) is 7.29. The second-order valence-electron chi connectivity index (χ2n) is 8.26. The molecule has 6 heteroatoms. The fourth-order valence-corrected chi connectivity index (χ4v) is 3.85. The quantitative estimate of drug-likeness (QED) is 0.714. The highest BCUT2D eigenvalue weighted by Gasteiger charge is 2.25. The van der Waals surface area contributed by atoms with Crippen LogP contribution in [0.15, 0.2) is 0 Å². The van der Waals surface area contributed by atoms with Crippen LogP contribution in [0.5, 0.6) is 0 Å². The lowest BCUT2D eigenvalue weighted by Crippen LogP contribution is -2.53. The van der Waals surface area contributed by atoms with Gasteiger partial charge < -0.3 is 15.5 Å². The van der Waals surface area contributed by atoms with Crippen LogP contribution in [-0.2, 0) is 9.59 Å². The first-order valence-corrected chi connectivity index (χ1v) is 10.1. The molecule has 1 heterocycles. The fourth-order valence-electron chi connectivity index (χ4n) is 3.85. The van der Waals surface area contributed by atoms with Gasteiger partial charge in [0.25, 0.3) is 0 Å². The SMILES string of the molecule is CC1CCC(NC(=O)CN2CCN(C(=O)CNCC3CC3)CC2)CC1. The van der Waals surface area contributed by atoms with Crippen LogP contribution in [-0.4, -0.2) is 73.5 Å². The van der Waals surface area contributed by atoms with Gasteiger partial charge in [0, 0.05) is 32.2 Å². The van der Waals surface area contributed by atoms with Crippen molar-refractivity contribution in [2.45, 2.75) is 51.5 Å². The Balaban J connectivity index is 1.28. The molecule has 1 aliphatic heterocycles. The molecule has 0 bridgehead atoms. The zero-order valence-corrected chi connectivity index (χ0v) is 15.6. The van der Waals surface area contributed by atoms with E-state index in [1.165, 1.54) is 25.7 Å². The van der Waals surface area contributed by atoms with Gasteiger partial charge in [0.05, 0.1) is 13.1 Å². The molecule has 0 aromatic rings. The average molecular weight is 351 g/mol. The van der Waals surface area contributed by atoms with Gasteiger partial charge in [-0.15, -0.1) is 0 Å². The predicted molar refractivity (Wildman–Crippen MR) is 98.2 cm³/mol. The Labute approximate surface area is 151 Å². The molecule has 3 aliphatic rings. The highest BCUT2D eigenvalue weighted by Crippen LogP contribution is 2.27. The standard InChI is InChI=1S/C19H34N4O2/c1-15-2-6-17(7-3-15)21-18(24)14-22-8-10-23(11-9-22)19(25)13-20-12-16-4-5-16/h15-17,20H,2-14H2,1H3,(H,21,24). The van der Waals surface area contributed by atoms with E-state index in [1.54, 1.807) is 0 Å². The summed E-state index contributed by atoms with van der Waals surface area (Å²) in [4.78, 5) is 28.5. The molecule has 2 aliphatic carbocycles. The maximum absolute atomic E-state index is 12.2. The molecule has 6 nitrogen and oxygen atoms in total. The van der Waals surface area contributed by atoms with Gasteiger partial charge in [0.15, 0.2) is 0 Å². The number of hydrogen-bond acceptors (Lipinski definition) is 4.